The molecule has 1 aromatic heterocycles. The molecule has 1 aromatic carbocycles. The van der Waals surface area contributed by atoms with E-state index in [0.29, 0.717) is 35.8 Å². The van der Waals surface area contributed by atoms with Gasteiger partial charge in [0, 0.05) is 18.8 Å². The van der Waals surface area contributed by atoms with E-state index < -0.39 is 10.0 Å². The first-order valence-corrected chi connectivity index (χ1v) is 11.3. The molecule has 9 heteroatoms. The first kappa shape index (κ1) is 19.4. The number of hydrogen-bond donors (Lipinski definition) is 2. The van der Waals surface area contributed by atoms with Crippen LogP contribution in [0.5, 0.6) is 0 Å². The van der Waals surface area contributed by atoms with Gasteiger partial charge in [-0.25, -0.2) is 8.42 Å². The predicted molar refractivity (Wildman–Crippen MR) is 106 cm³/mol. The molecule has 0 saturated carbocycles. The van der Waals surface area contributed by atoms with E-state index in [1.54, 1.807) is 35.2 Å². The van der Waals surface area contributed by atoms with Gasteiger partial charge in [0.05, 0.1) is 22.7 Å². The van der Waals surface area contributed by atoms with E-state index in [9.17, 15) is 18.0 Å². The van der Waals surface area contributed by atoms with Crippen molar-refractivity contribution in [2.24, 2.45) is 5.92 Å². The Morgan fingerprint density at radius 2 is 1.96 bits per heavy atom. The van der Waals surface area contributed by atoms with Gasteiger partial charge in [0.2, 0.25) is 15.9 Å². The SMILES string of the molecule is CS(=O)(=O)Nc1cccc(NC(=O)[C@H]2CCCN(C(=O)c3cccs3)C2)c1. The predicted octanol–water partition coefficient (Wildman–Crippen LogP) is 2.61. The summed E-state index contributed by atoms with van der Waals surface area (Å²) >= 11 is 1.40. The molecule has 2 heterocycles. The van der Waals surface area contributed by atoms with E-state index >= 15 is 0 Å². The van der Waals surface area contributed by atoms with Gasteiger partial charge in [-0.1, -0.05) is 12.1 Å². The molecular weight excluding hydrogens is 386 g/mol. The fourth-order valence-electron chi connectivity index (χ4n) is 3.05. The number of likely N-dealkylation sites (tertiary alicyclic amines) is 1. The van der Waals surface area contributed by atoms with Crippen LogP contribution in [-0.4, -0.2) is 44.5 Å². The molecule has 2 N–H and O–H groups in total. The Morgan fingerprint density at radius 1 is 1.19 bits per heavy atom. The number of nitrogens with one attached hydrogen (secondary N) is 2. The fourth-order valence-corrected chi connectivity index (χ4v) is 4.30. The molecule has 1 aliphatic heterocycles. The lowest BCUT2D eigenvalue weighted by Gasteiger charge is -2.31. The summed E-state index contributed by atoms with van der Waals surface area (Å²) in [6.07, 6.45) is 2.55. The second-order valence-electron chi connectivity index (χ2n) is 6.51. The minimum absolute atomic E-state index is 0.0400. The topological polar surface area (TPSA) is 95.6 Å². The molecule has 144 valence electrons. The standard InChI is InChI=1S/C18H21N3O4S2/c1-27(24,25)20-15-7-2-6-14(11-15)19-17(22)13-5-3-9-21(12-13)18(23)16-8-4-10-26-16/h2,4,6-8,10-11,13,20H,3,5,9,12H2,1H3,(H,19,22)/t13-/m0/s1. The second kappa shape index (κ2) is 8.10. The van der Waals surface area contributed by atoms with E-state index in [1.165, 1.54) is 11.3 Å². The van der Waals surface area contributed by atoms with Crippen LogP contribution in [0.4, 0.5) is 11.4 Å². The van der Waals surface area contributed by atoms with E-state index in [0.717, 1.165) is 12.7 Å². The number of hydrogen-bond acceptors (Lipinski definition) is 5. The number of piperidine rings is 1. The van der Waals surface area contributed by atoms with Crippen LogP contribution in [0.15, 0.2) is 41.8 Å². The Labute approximate surface area is 162 Å². The monoisotopic (exact) mass is 407 g/mol. The summed E-state index contributed by atoms with van der Waals surface area (Å²) in [6.45, 7) is 1.03. The quantitative estimate of drug-likeness (QED) is 0.796. The average molecular weight is 408 g/mol. The lowest BCUT2D eigenvalue weighted by Crippen LogP contribution is -2.43. The number of nitrogens with zero attached hydrogens (tertiary/aromatic N) is 1. The van der Waals surface area contributed by atoms with Gasteiger partial charge in [0.25, 0.3) is 5.91 Å². The maximum atomic E-state index is 12.6. The zero-order valence-electron chi connectivity index (χ0n) is 14.8. The number of sulfonamides is 1. The van der Waals surface area contributed by atoms with Crippen molar-refractivity contribution in [3.63, 3.8) is 0 Å². The van der Waals surface area contributed by atoms with Crippen LogP contribution in [0, 0.1) is 5.92 Å². The van der Waals surface area contributed by atoms with Crippen molar-refractivity contribution in [1.29, 1.82) is 0 Å². The summed E-state index contributed by atoms with van der Waals surface area (Å²) in [5, 5.41) is 4.68. The van der Waals surface area contributed by atoms with Gasteiger partial charge in [0.15, 0.2) is 0 Å². The van der Waals surface area contributed by atoms with Gasteiger partial charge in [-0.2, -0.15) is 0 Å². The third kappa shape index (κ3) is 5.30. The number of benzene rings is 1. The highest BCUT2D eigenvalue weighted by molar-refractivity contribution is 7.92. The Hall–Kier alpha value is -2.39. The number of rotatable bonds is 5. The number of anilines is 2. The van der Waals surface area contributed by atoms with Gasteiger partial charge in [0.1, 0.15) is 0 Å². The van der Waals surface area contributed by atoms with Gasteiger partial charge in [-0.3, -0.25) is 14.3 Å². The molecular formula is C18H21N3O4S2. The van der Waals surface area contributed by atoms with Gasteiger partial charge in [-0.15, -0.1) is 11.3 Å². The molecule has 0 radical (unpaired) electrons. The van der Waals surface area contributed by atoms with Crippen molar-refractivity contribution < 1.29 is 18.0 Å². The molecule has 2 aromatic rings. The molecule has 3 rings (SSSR count). The maximum Gasteiger partial charge on any atom is 0.263 e. The highest BCUT2D eigenvalue weighted by Gasteiger charge is 2.29. The first-order chi connectivity index (χ1) is 12.8. The molecule has 1 aliphatic rings. The van der Waals surface area contributed by atoms with Crippen LogP contribution in [0.3, 0.4) is 0 Å². The highest BCUT2D eigenvalue weighted by Crippen LogP contribution is 2.23. The van der Waals surface area contributed by atoms with Gasteiger partial charge in [-0.05, 0) is 42.5 Å². The lowest BCUT2D eigenvalue weighted by atomic mass is 9.97. The minimum Gasteiger partial charge on any atom is -0.337 e. The smallest absolute Gasteiger partial charge is 0.263 e. The van der Waals surface area contributed by atoms with Crippen LogP contribution in [0.2, 0.25) is 0 Å². The number of carbonyl (C=O) groups excluding carboxylic acids is 2. The Kier molecular flexibility index (Phi) is 5.81. The van der Waals surface area contributed by atoms with E-state index in [2.05, 4.69) is 10.0 Å². The summed E-state index contributed by atoms with van der Waals surface area (Å²) in [7, 11) is -3.39. The number of carbonyl (C=O) groups is 2. The molecule has 0 spiro atoms. The third-order valence-electron chi connectivity index (χ3n) is 4.24. The molecule has 0 bridgehead atoms. The van der Waals surface area contributed by atoms with Crippen LogP contribution in [-0.2, 0) is 14.8 Å². The fraction of sp³-hybridized carbons (Fsp3) is 0.333. The summed E-state index contributed by atoms with van der Waals surface area (Å²) in [5.41, 5.74) is 0.892. The van der Waals surface area contributed by atoms with Crippen molar-refractivity contribution in [3.8, 4) is 0 Å². The van der Waals surface area contributed by atoms with E-state index in [-0.39, 0.29) is 17.7 Å². The van der Waals surface area contributed by atoms with Crippen molar-refractivity contribution in [2.45, 2.75) is 12.8 Å². The molecule has 7 nitrogen and oxygen atoms in total. The molecule has 0 aliphatic carbocycles. The van der Waals surface area contributed by atoms with Gasteiger partial charge >= 0.3 is 0 Å². The largest absolute Gasteiger partial charge is 0.337 e. The average Bonchev–Trinajstić information content (AvgIpc) is 3.14. The number of amides is 2. The summed E-state index contributed by atoms with van der Waals surface area (Å²) in [4.78, 5) is 27.5. The lowest BCUT2D eigenvalue weighted by molar-refractivity contribution is -0.121. The molecule has 2 amide bonds. The van der Waals surface area contributed by atoms with Crippen LogP contribution >= 0.6 is 11.3 Å². The molecule has 1 saturated heterocycles. The van der Waals surface area contributed by atoms with E-state index in [4.69, 9.17) is 0 Å². The van der Waals surface area contributed by atoms with Crippen molar-refractivity contribution >= 4 is 44.5 Å². The van der Waals surface area contributed by atoms with Crippen LogP contribution < -0.4 is 10.0 Å². The minimum atomic E-state index is -3.39. The molecule has 1 fully saturated rings. The van der Waals surface area contributed by atoms with Gasteiger partial charge < -0.3 is 10.2 Å². The third-order valence-corrected chi connectivity index (χ3v) is 5.71. The van der Waals surface area contributed by atoms with Crippen LogP contribution in [0.25, 0.3) is 0 Å². The highest BCUT2D eigenvalue weighted by atomic mass is 32.2. The zero-order chi connectivity index (χ0) is 19.4. The van der Waals surface area contributed by atoms with Crippen molar-refractivity contribution in [3.05, 3.63) is 46.7 Å². The summed E-state index contributed by atoms with van der Waals surface area (Å²) in [5.74, 6) is -0.508. The zero-order valence-corrected chi connectivity index (χ0v) is 16.5. The summed E-state index contributed by atoms with van der Waals surface area (Å²) < 4.78 is 25.1. The summed E-state index contributed by atoms with van der Waals surface area (Å²) in [6, 6.07) is 10.2. The Bertz CT molecular complexity index is 926. The van der Waals surface area contributed by atoms with E-state index in [1.807, 2.05) is 11.4 Å². The molecule has 27 heavy (non-hydrogen) atoms. The van der Waals surface area contributed by atoms with Crippen molar-refractivity contribution in [1.82, 2.24) is 4.90 Å². The number of thiophene rings is 1. The Balaban J connectivity index is 1.64. The van der Waals surface area contributed by atoms with Crippen molar-refractivity contribution in [2.75, 3.05) is 29.4 Å². The maximum absolute atomic E-state index is 12.6. The molecule has 1 atom stereocenters. The normalized spacial score (nSPS) is 17.4. The van der Waals surface area contributed by atoms with Crippen LogP contribution in [0.1, 0.15) is 22.5 Å². The second-order valence-corrected chi connectivity index (χ2v) is 9.21. The molecule has 0 unspecified atom stereocenters. The Morgan fingerprint density at radius 3 is 2.67 bits per heavy atom. The first-order valence-electron chi connectivity index (χ1n) is 8.53.